The second kappa shape index (κ2) is 6.89. The summed E-state index contributed by atoms with van der Waals surface area (Å²) in [5.41, 5.74) is 1.93. The monoisotopic (exact) mass is 374 g/mol. The van der Waals surface area contributed by atoms with E-state index in [0.29, 0.717) is 54.5 Å². The number of rotatable bonds is 3. The Balaban J connectivity index is 1.75. The van der Waals surface area contributed by atoms with Crippen molar-refractivity contribution in [1.82, 2.24) is 15.0 Å². The number of esters is 1. The number of anilines is 1. The van der Waals surface area contributed by atoms with Crippen LogP contribution in [0, 0.1) is 0 Å². The normalized spacial score (nSPS) is 14.6. The smallest absolute Gasteiger partial charge is 0.373 e. The highest BCUT2D eigenvalue weighted by molar-refractivity contribution is 6.28. The molecule has 0 radical (unpaired) electrons. The molecule has 0 atom stereocenters. The number of ether oxygens (including phenoxy) is 2. The molecule has 0 spiro atoms. The highest BCUT2D eigenvalue weighted by Gasteiger charge is 2.19. The van der Waals surface area contributed by atoms with Crippen LogP contribution in [0.5, 0.6) is 0 Å². The summed E-state index contributed by atoms with van der Waals surface area (Å²) in [5.74, 6) is 0.759. The molecule has 1 aliphatic heterocycles. The fraction of sp³-hybridized carbons (Fsp3) is 0.294. The van der Waals surface area contributed by atoms with Crippen LogP contribution in [-0.2, 0) is 9.47 Å². The molecule has 3 aromatic rings. The van der Waals surface area contributed by atoms with Crippen molar-refractivity contribution in [3.63, 3.8) is 0 Å². The van der Waals surface area contributed by atoms with Crippen molar-refractivity contribution in [2.75, 3.05) is 38.3 Å². The van der Waals surface area contributed by atoms with Crippen LogP contribution >= 0.6 is 11.6 Å². The highest BCUT2D eigenvalue weighted by atomic mass is 35.5. The molecular weight excluding hydrogens is 360 g/mol. The van der Waals surface area contributed by atoms with E-state index >= 15 is 0 Å². The molecule has 8 nitrogen and oxygen atoms in total. The Morgan fingerprint density at radius 3 is 2.85 bits per heavy atom. The standard InChI is InChI=1S/C17H15ClN4O4/c1-24-16(23)13-3-2-12(26-13)10-8-11-14(19-9-10)15(21-17(18)20-11)22-4-6-25-7-5-22/h2-3,8-9H,4-7H2,1H3. The van der Waals surface area contributed by atoms with Crippen LogP contribution in [0.3, 0.4) is 0 Å². The van der Waals surface area contributed by atoms with E-state index in [-0.39, 0.29) is 11.0 Å². The lowest BCUT2D eigenvalue weighted by atomic mass is 10.2. The number of carbonyl (C=O) groups is 1. The van der Waals surface area contributed by atoms with Gasteiger partial charge in [0.25, 0.3) is 0 Å². The predicted molar refractivity (Wildman–Crippen MR) is 94.4 cm³/mol. The van der Waals surface area contributed by atoms with E-state index in [0.717, 1.165) is 0 Å². The Morgan fingerprint density at radius 2 is 2.08 bits per heavy atom. The van der Waals surface area contributed by atoms with E-state index in [2.05, 4.69) is 24.6 Å². The van der Waals surface area contributed by atoms with Gasteiger partial charge in [0.2, 0.25) is 11.0 Å². The predicted octanol–water partition coefficient (Wildman–Crippen LogP) is 2.56. The molecule has 1 fully saturated rings. The maximum atomic E-state index is 11.5. The minimum absolute atomic E-state index is 0.123. The van der Waals surface area contributed by atoms with Crippen LogP contribution in [0.1, 0.15) is 10.6 Å². The molecule has 0 aromatic carbocycles. The van der Waals surface area contributed by atoms with E-state index < -0.39 is 5.97 Å². The van der Waals surface area contributed by atoms with Crippen molar-refractivity contribution in [1.29, 1.82) is 0 Å². The van der Waals surface area contributed by atoms with E-state index in [9.17, 15) is 4.79 Å². The molecule has 26 heavy (non-hydrogen) atoms. The molecule has 3 aromatic heterocycles. The minimum Gasteiger partial charge on any atom is -0.463 e. The van der Waals surface area contributed by atoms with Crippen LogP contribution in [0.4, 0.5) is 5.82 Å². The van der Waals surface area contributed by atoms with Gasteiger partial charge in [-0.3, -0.25) is 0 Å². The van der Waals surface area contributed by atoms with E-state index in [1.165, 1.54) is 7.11 Å². The number of aromatic nitrogens is 3. The topological polar surface area (TPSA) is 90.6 Å². The number of pyridine rings is 1. The van der Waals surface area contributed by atoms with Gasteiger partial charge in [0, 0.05) is 24.8 Å². The van der Waals surface area contributed by atoms with Gasteiger partial charge in [0.05, 0.1) is 25.8 Å². The van der Waals surface area contributed by atoms with Crippen molar-refractivity contribution in [2.24, 2.45) is 0 Å². The largest absolute Gasteiger partial charge is 0.463 e. The first kappa shape index (κ1) is 16.7. The van der Waals surface area contributed by atoms with Crippen molar-refractivity contribution < 1.29 is 18.7 Å². The van der Waals surface area contributed by atoms with E-state index in [1.807, 2.05) is 0 Å². The van der Waals surface area contributed by atoms with Crippen molar-refractivity contribution in [3.8, 4) is 11.3 Å². The zero-order valence-electron chi connectivity index (χ0n) is 13.9. The van der Waals surface area contributed by atoms with Gasteiger partial charge < -0.3 is 18.8 Å². The number of methoxy groups -OCH3 is 1. The van der Waals surface area contributed by atoms with Gasteiger partial charge in [-0.05, 0) is 29.8 Å². The Labute approximate surface area is 153 Å². The van der Waals surface area contributed by atoms with Crippen molar-refractivity contribution >= 4 is 34.4 Å². The summed E-state index contributed by atoms with van der Waals surface area (Å²) in [7, 11) is 1.30. The van der Waals surface area contributed by atoms with Gasteiger partial charge in [-0.25, -0.2) is 14.8 Å². The van der Waals surface area contributed by atoms with Gasteiger partial charge in [-0.2, -0.15) is 4.98 Å². The molecule has 1 saturated heterocycles. The average Bonchev–Trinajstić information content (AvgIpc) is 3.17. The molecule has 1 aliphatic rings. The number of fused-ring (bicyclic) bond motifs is 1. The number of hydrogen-bond donors (Lipinski definition) is 0. The third kappa shape index (κ3) is 3.09. The van der Waals surface area contributed by atoms with Gasteiger partial charge in [0.1, 0.15) is 11.3 Å². The van der Waals surface area contributed by atoms with Gasteiger partial charge >= 0.3 is 5.97 Å². The van der Waals surface area contributed by atoms with E-state index in [4.69, 9.17) is 20.8 Å². The molecular formula is C17H15ClN4O4. The van der Waals surface area contributed by atoms with Crippen LogP contribution in [-0.4, -0.2) is 54.3 Å². The molecule has 0 amide bonds. The molecule has 0 saturated carbocycles. The summed E-state index contributed by atoms with van der Waals surface area (Å²) in [5, 5.41) is 0.146. The first-order valence-electron chi connectivity index (χ1n) is 8.00. The second-order valence-corrected chi connectivity index (χ2v) is 6.00. The zero-order valence-corrected chi connectivity index (χ0v) is 14.7. The highest BCUT2D eigenvalue weighted by Crippen LogP contribution is 2.29. The van der Waals surface area contributed by atoms with Crippen LogP contribution < -0.4 is 4.90 Å². The van der Waals surface area contributed by atoms with Crippen molar-refractivity contribution in [3.05, 3.63) is 35.4 Å². The Bertz CT molecular complexity index is 969. The number of nitrogens with zero attached hydrogens (tertiary/aromatic N) is 4. The van der Waals surface area contributed by atoms with Crippen LogP contribution in [0.2, 0.25) is 5.28 Å². The third-order valence-electron chi connectivity index (χ3n) is 4.08. The fourth-order valence-electron chi connectivity index (χ4n) is 2.81. The number of carbonyl (C=O) groups excluding carboxylic acids is 1. The molecule has 9 heteroatoms. The maximum absolute atomic E-state index is 11.5. The summed E-state index contributed by atoms with van der Waals surface area (Å²) < 4.78 is 15.6. The lowest BCUT2D eigenvalue weighted by Gasteiger charge is -2.28. The molecule has 4 rings (SSSR count). The lowest BCUT2D eigenvalue weighted by molar-refractivity contribution is 0.0566. The zero-order chi connectivity index (χ0) is 18.1. The number of furan rings is 1. The van der Waals surface area contributed by atoms with E-state index in [1.54, 1.807) is 24.4 Å². The second-order valence-electron chi connectivity index (χ2n) is 5.66. The number of hydrogen-bond acceptors (Lipinski definition) is 8. The van der Waals surface area contributed by atoms with Gasteiger partial charge in [0.15, 0.2) is 5.82 Å². The van der Waals surface area contributed by atoms with Crippen LogP contribution in [0.15, 0.2) is 28.8 Å². The quantitative estimate of drug-likeness (QED) is 0.510. The maximum Gasteiger partial charge on any atom is 0.373 e. The molecule has 4 heterocycles. The fourth-order valence-corrected chi connectivity index (χ4v) is 2.98. The molecule has 0 aliphatic carbocycles. The molecule has 134 valence electrons. The molecule has 0 bridgehead atoms. The summed E-state index contributed by atoms with van der Waals surface area (Å²) in [6.45, 7) is 2.69. The lowest BCUT2D eigenvalue weighted by Crippen LogP contribution is -2.37. The Hall–Kier alpha value is -2.71. The summed E-state index contributed by atoms with van der Waals surface area (Å²) >= 11 is 6.11. The summed E-state index contributed by atoms with van der Waals surface area (Å²) in [6, 6.07) is 5.04. The summed E-state index contributed by atoms with van der Waals surface area (Å²) in [4.78, 5) is 26.8. The summed E-state index contributed by atoms with van der Waals surface area (Å²) in [6.07, 6.45) is 1.66. The SMILES string of the molecule is COC(=O)c1ccc(-c2cnc3c(N4CCOCC4)nc(Cl)nc3c2)o1. The van der Waals surface area contributed by atoms with Gasteiger partial charge in [-0.1, -0.05) is 0 Å². The molecule has 0 N–H and O–H groups in total. The first-order valence-corrected chi connectivity index (χ1v) is 8.38. The van der Waals surface area contributed by atoms with Gasteiger partial charge in [-0.15, -0.1) is 0 Å². The Morgan fingerprint density at radius 1 is 1.27 bits per heavy atom. The number of morpholine rings is 1. The van der Waals surface area contributed by atoms with Crippen molar-refractivity contribution in [2.45, 2.75) is 0 Å². The average molecular weight is 375 g/mol. The minimum atomic E-state index is -0.537. The third-order valence-corrected chi connectivity index (χ3v) is 4.25. The molecule has 0 unspecified atom stereocenters. The van der Waals surface area contributed by atoms with Crippen LogP contribution in [0.25, 0.3) is 22.4 Å². The first-order chi connectivity index (χ1) is 12.7. The Kier molecular flexibility index (Phi) is 4.44. The number of halogens is 1.